The molecule has 1 unspecified atom stereocenters. The van der Waals surface area contributed by atoms with E-state index in [4.69, 9.17) is 16.7 Å². The smallest absolute Gasteiger partial charge is 0.313 e. The van der Waals surface area contributed by atoms with E-state index in [0.717, 1.165) is 19.3 Å². The van der Waals surface area contributed by atoms with Crippen LogP contribution < -0.4 is 4.90 Å². The summed E-state index contributed by atoms with van der Waals surface area (Å²) in [5, 5.41) is 20.2. The Kier molecular flexibility index (Phi) is 4.95. The fourth-order valence-corrected chi connectivity index (χ4v) is 2.80. The molecule has 1 aliphatic rings. The standard InChI is InChI=1S/C13H16ClN3O4/c14-9-7-11(17(20)21)13(15-8-9)16-6-2-1-3-10(16)4-5-12(18)19/h7-8,10H,1-6H2,(H,18,19). The monoisotopic (exact) mass is 313 g/mol. The minimum Gasteiger partial charge on any atom is -0.481 e. The molecule has 0 spiro atoms. The summed E-state index contributed by atoms with van der Waals surface area (Å²) in [6, 6.07) is 1.24. The van der Waals surface area contributed by atoms with Gasteiger partial charge in [0.2, 0.25) is 5.82 Å². The first-order valence-corrected chi connectivity index (χ1v) is 7.15. The Morgan fingerprint density at radius 3 is 3.00 bits per heavy atom. The normalized spacial score (nSPS) is 18.5. The van der Waals surface area contributed by atoms with Crippen LogP contribution in [0.4, 0.5) is 11.5 Å². The van der Waals surface area contributed by atoms with Gasteiger partial charge in [-0.1, -0.05) is 11.6 Å². The van der Waals surface area contributed by atoms with Crippen LogP contribution in [0.15, 0.2) is 12.3 Å². The molecule has 0 radical (unpaired) electrons. The largest absolute Gasteiger partial charge is 0.481 e. The minimum absolute atomic E-state index is 0.0396. The maximum Gasteiger partial charge on any atom is 0.313 e. The fraction of sp³-hybridized carbons (Fsp3) is 0.538. The van der Waals surface area contributed by atoms with Crippen molar-refractivity contribution in [3.8, 4) is 0 Å². The van der Waals surface area contributed by atoms with Crippen LogP contribution in [-0.4, -0.2) is 33.6 Å². The van der Waals surface area contributed by atoms with Gasteiger partial charge >= 0.3 is 11.7 Å². The predicted octanol–water partition coefficient (Wildman–Crippen LogP) is 2.87. The molecule has 1 fully saturated rings. The lowest BCUT2D eigenvalue weighted by Crippen LogP contribution is -2.40. The molecular formula is C13H16ClN3O4. The van der Waals surface area contributed by atoms with E-state index in [2.05, 4.69) is 4.98 Å². The third-order valence-corrected chi connectivity index (χ3v) is 3.81. The highest BCUT2D eigenvalue weighted by Gasteiger charge is 2.29. The summed E-state index contributed by atoms with van der Waals surface area (Å²) in [5.74, 6) is -0.585. The second-order valence-corrected chi connectivity index (χ2v) is 5.47. The van der Waals surface area contributed by atoms with Gasteiger partial charge in [0.25, 0.3) is 0 Å². The Morgan fingerprint density at radius 1 is 1.57 bits per heavy atom. The molecule has 1 aromatic heterocycles. The highest BCUT2D eigenvalue weighted by molar-refractivity contribution is 6.30. The molecule has 2 heterocycles. The molecule has 0 bridgehead atoms. The van der Waals surface area contributed by atoms with E-state index in [1.807, 2.05) is 4.90 Å². The van der Waals surface area contributed by atoms with Crippen molar-refractivity contribution in [1.82, 2.24) is 4.98 Å². The van der Waals surface area contributed by atoms with Crippen LogP contribution in [0.25, 0.3) is 0 Å². The van der Waals surface area contributed by atoms with Gasteiger partial charge in [-0.2, -0.15) is 0 Å². The number of carboxylic acid groups (broad SMARTS) is 1. The third-order valence-electron chi connectivity index (χ3n) is 3.60. The number of rotatable bonds is 5. The van der Waals surface area contributed by atoms with E-state index in [9.17, 15) is 14.9 Å². The molecule has 0 saturated carbocycles. The van der Waals surface area contributed by atoms with E-state index in [1.54, 1.807) is 0 Å². The summed E-state index contributed by atoms with van der Waals surface area (Å²) in [6.07, 6.45) is 4.59. The molecule has 1 aliphatic heterocycles. The van der Waals surface area contributed by atoms with Crippen LogP contribution in [0.1, 0.15) is 32.1 Å². The summed E-state index contributed by atoms with van der Waals surface area (Å²) in [5.41, 5.74) is -0.135. The van der Waals surface area contributed by atoms with Crippen molar-refractivity contribution in [3.05, 3.63) is 27.4 Å². The molecule has 1 saturated heterocycles. The lowest BCUT2D eigenvalue weighted by atomic mass is 9.97. The van der Waals surface area contributed by atoms with Crippen molar-refractivity contribution in [2.24, 2.45) is 0 Å². The fourth-order valence-electron chi connectivity index (χ4n) is 2.65. The van der Waals surface area contributed by atoms with Crippen molar-refractivity contribution in [2.75, 3.05) is 11.4 Å². The van der Waals surface area contributed by atoms with Gasteiger partial charge in [-0.25, -0.2) is 4.98 Å². The molecule has 0 aliphatic carbocycles. The molecule has 8 heteroatoms. The predicted molar refractivity (Wildman–Crippen MR) is 77.8 cm³/mol. The van der Waals surface area contributed by atoms with Gasteiger partial charge in [-0.15, -0.1) is 0 Å². The van der Waals surface area contributed by atoms with Crippen molar-refractivity contribution in [2.45, 2.75) is 38.1 Å². The van der Waals surface area contributed by atoms with Crippen LogP contribution in [-0.2, 0) is 4.79 Å². The van der Waals surface area contributed by atoms with Crippen LogP contribution in [0.3, 0.4) is 0 Å². The van der Waals surface area contributed by atoms with Crippen LogP contribution in [0.2, 0.25) is 5.02 Å². The zero-order valence-corrected chi connectivity index (χ0v) is 12.1. The summed E-state index contributed by atoms with van der Waals surface area (Å²) in [6.45, 7) is 0.639. The molecule has 2 rings (SSSR count). The molecule has 1 aromatic rings. The van der Waals surface area contributed by atoms with Gasteiger partial charge in [-0.05, 0) is 25.7 Å². The Morgan fingerprint density at radius 2 is 2.33 bits per heavy atom. The first kappa shape index (κ1) is 15.5. The molecule has 7 nitrogen and oxygen atoms in total. The Bertz CT molecular complexity index is 552. The number of nitro groups is 1. The molecule has 1 N–H and O–H groups in total. The number of aromatic nitrogens is 1. The minimum atomic E-state index is -0.862. The van der Waals surface area contributed by atoms with Gasteiger partial charge < -0.3 is 10.0 Å². The van der Waals surface area contributed by atoms with E-state index in [1.165, 1.54) is 12.3 Å². The zero-order valence-electron chi connectivity index (χ0n) is 11.4. The number of anilines is 1. The Labute approximate surface area is 126 Å². The molecule has 1 atom stereocenters. The number of hydrogen-bond donors (Lipinski definition) is 1. The molecule has 0 amide bonds. The van der Waals surface area contributed by atoms with E-state index >= 15 is 0 Å². The van der Waals surface area contributed by atoms with Crippen LogP contribution in [0, 0.1) is 10.1 Å². The maximum atomic E-state index is 11.2. The van der Waals surface area contributed by atoms with E-state index < -0.39 is 10.9 Å². The van der Waals surface area contributed by atoms with Gasteiger partial charge in [0, 0.05) is 31.3 Å². The SMILES string of the molecule is O=C(O)CCC1CCCCN1c1ncc(Cl)cc1[N+](=O)[O-]. The zero-order chi connectivity index (χ0) is 15.4. The van der Waals surface area contributed by atoms with Crippen molar-refractivity contribution >= 4 is 29.1 Å². The molecular weight excluding hydrogens is 298 g/mol. The molecule has 21 heavy (non-hydrogen) atoms. The summed E-state index contributed by atoms with van der Waals surface area (Å²) < 4.78 is 0. The van der Waals surface area contributed by atoms with Gasteiger partial charge in [0.05, 0.1) is 9.95 Å². The number of aliphatic carboxylic acids is 1. The highest BCUT2D eigenvalue weighted by Crippen LogP contribution is 2.33. The summed E-state index contributed by atoms with van der Waals surface area (Å²) in [7, 11) is 0. The van der Waals surface area contributed by atoms with Crippen molar-refractivity contribution in [1.29, 1.82) is 0 Å². The van der Waals surface area contributed by atoms with E-state index in [-0.39, 0.29) is 29.0 Å². The second-order valence-electron chi connectivity index (χ2n) is 5.03. The summed E-state index contributed by atoms with van der Waals surface area (Å²) >= 11 is 5.78. The number of nitrogens with zero attached hydrogens (tertiary/aromatic N) is 3. The van der Waals surface area contributed by atoms with Crippen molar-refractivity contribution < 1.29 is 14.8 Å². The summed E-state index contributed by atoms with van der Waals surface area (Å²) in [4.78, 5) is 27.4. The van der Waals surface area contributed by atoms with Crippen LogP contribution in [0.5, 0.6) is 0 Å². The van der Waals surface area contributed by atoms with Gasteiger partial charge in [0.1, 0.15) is 0 Å². The Hall–Kier alpha value is -1.89. The molecule has 114 valence electrons. The number of halogens is 1. The lowest BCUT2D eigenvalue weighted by molar-refractivity contribution is -0.384. The average Bonchev–Trinajstić information content (AvgIpc) is 2.45. The average molecular weight is 314 g/mol. The number of hydrogen-bond acceptors (Lipinski definition) is 5. The number of pyridine rings is 1. The van der Waals surface area contributed by atoms with Crippen molar-refractivity contribution in [3.63, 3.8) is 0 Å². The lowest BCUT2D eigenvalue weighted by Gasteiger charge is -2.36. The molecule has 0 aromatic carbocycles. The third kappa shape index (κ3) is 3.81. The van der Waals surface area contributed by atoms with E-state index in [0.29, 0.717) is 13.0 Å². The first-order valence-electron chi connectivity index (χ1n) is 6.77. The van der Waals surface area contributed by atoms with Gasteiger partial charge in [-0.3, -0.25) is 14.9 Å². The number of piperidine rings is 1. The second kappa shape index (κ2) is 6.71. The quantitative estimate of drug-likeness (QED) is 0.663. The highest BCUT2D eigenvalue weighted by atomic mass is 35.5. The maximum absolute atomic E-state index is 11.2. The topological polar surface area (TPSA) is 96.6 Å². The number of carbonyl (C=O) groups is 1. The van der Waals surface area contributed by atoms with Crippen LogP contribution >= 0.6 is 11.6 Å². The number of carboxylic acids is 1. The Balaban J connectivity index is 2.28. The van der Waals surface area contributed by atoms with Gasteiger partial charge in [0.15, 0.2) is 0 Å². The first-order chi connectivity index (χ1) is 9.99.